The molecule has 0 aliphatic carbocycles. The summed E-state index contributed by atoms with van der Waals surface area (Å²) in [6.45, 7) is 11.5. The number of rotatable bonds is 4. The summed E-state index contributed by atoms with van der Waals surface area (Å²) in [4.78, 5) is 23.8. The zero-order valence-electron chi connectivity index (χ0n) is 18.9. The highest BCUT2D eigenvalue weighted by Crippen LogP contribution is 2.25. The molecule has 2 fully saturated rings. The minimum Gasteiger partial charge on any atom is -0.468 e. The van der Waals surface area contributed by atoms with Gasteiger partial charge in [-0.2, -0.15) is 0 Å². The molecule has 4 heterocycles. The number of ether oxygens (including phenoxy) is 1. The molecule has 9 heteroatoms. The SMILES string of the molecule is CC(C)(C)OC(=O)N1CCN2C(NCC(c3ccco3)N3CCCCC3)=NCC2C1.I. The quantitative estimate of drug-likeness (QED) is 0.586. The van der Waals surface area contributed by atoms with Gasteiger partial charge >= 0.3 is 6.09 Å². The van der Waals surface area contributed by atoms with Gasteiger partial charge in [-0.25, -0.2) is 4.79 Å². The van der Waals surface area contributed by atoms with E-state index in [1.807, 2.05) is 31.7 Å². The Morgan fingerprint density at radius 1 is 1.26 bits per heavy atom. The molecule has 0 aromatic carbocycles. The minimum absolute atomic E-state index is 0. The van der Waals surface area contributed by atoms with Crippen molar-refractivity contribution < 1.29 is 13.9 Å². The van der Waals surface area contributed by atoms with Gasteiger partial charge in [0.05, 0.1) is 24.9 Å². The molecule has 3 aliphatic rings. The molecule has 8 nitrogen and oxygen atoms in total. The molecule has 0 bridgehead atoms. The third-order valence-corrected chi connectivity index (χ3v) is 6.01. The van der Waals surface area contributed by atoms with Crippen LogP contribution in [0.2, 0.25) is 0 Å². The second-order valence-corrected chi connectivity index (χ2v) is 9.45. The maximum Gasteiger partial charge on any atom is 0.410 e. The topological polar surface area (TPSA) is 73.6 Å². The van der Waals surface area contributed by atoms with Gasteiger partial charge in [0.1, 0.15) is 11.4 Å². The van der Waals surface area contributed by atoms with Crippen molar-refractivity contribution in [3.8, 4) is 0 Å². The Hall–Kier alpha value is -1.49. The Morgan fingerprint density at radius 2 is 2.03 bits per heavy atom. The fourth-order valence-corrected chi connectivity index (χ4v) is 4.53. The lowest BCUT2D eigenvalue weighted by Crippen LogP contribution is -2.58. The van der Waals surface area contributed by atoms with Crippen molar-refractivity contribution in [2.45, 2.75) is 57.7 Å². The van der Waals surface area contributed by atoms with Crippen LogP contribution >= 0.6 is 24.0 Å². The van der Waals surface area contributed by atoms with E-state index in [2.05, 4.69) is 21.2 Å². The molecular weight excluding hydrogens is 509 g/mol. The lowest BCUT2D eigenvalue weighted by molar-refractivity contribution is 0.0137. The predicted molar refractivity (Wildman–Crippen MR) is 131 cm³/mol. The number of carbonyl (C=O) groups excluding carboxylic acids is 1. The number of likely N-dealkylation sites (tertiary alicyclic amines) is 1. The van der Waals surface area contributed by atoms with E-state index in [0.29, 0.717) is 19.6 Å². The molecule has 1 amide bonds. The van der Waals surface area contributed by atoms with Crippen LogP contribution in [0.5, 0.6) is 0 Å². The minimum atomic E-state index is -0.470. The van der Waals surface area contributed by atoms with Crippen molar-refractivity contribution >= 4 is 36.0 Å². The Morgan fingerprint density at radius 3 is 2.71 bits per heavy atom. The molecule has 0 spiro atoms. The predicted octanol–water partition coefficient (Wildman–Crippen LogP) is 3.31. The van der Waals surface area contributed by atoms with E-state index in [0.717, 1.165) is 37.9 Å². The molecule has 2 atom stereocenters. The number of guanidine groups is 1. The van der Waals surface area contributed by atoms with Gasteiger partial charge in [-0.15, -0.1) is 24.0 Å². The van der Waals surface area contributed by atoms with Gasteiger partial charge in [0.25, 0.3) is 0 Å². The summed E-state index contributed by atoms with van der Waals surface area (Å²) in [5.41, 5.74) is -0.470. The van der Waals surface area contributed by atoms with Crippen LogP contribution in [0.3, 0.4) is 0 Å². The number of furan rings is 1. The van der Waals surface area contributed by atoms with E-state index in [4.69, 9.17) is 14.1 Å². The van der Waals surface area contributed by atoms with Crippen molar-refractivity contribution in [2.24, 2.45) is 4.99 Å². The number of aliphatic imine (C=N–C) groups is 1. The average molecular weight is 545 g/mol. The maximum absolute atomic E-state index is 12.4. The highest BCUT2D eigenvalue weighted by Gasteiger charge is 2.37. The Labute approximate surface area is 202 Å². The number of carbonyl (C=O) groups is 1. The number of piperazine rings is 1. The molecule has 0 saturated carbocycles. The van der Waals surface area contributed by atoms with Gasteiger partial charge in [-0.3, -0.25) is 9.89 Å². The molecule has 1 aromatic heterocycles. The third-order valence-electron chi connectivity index (χ3n) is 6.01. The lowest BCUT2D eigenvalue weighted by atomic mass is 10.1. The van der Waals surface area contributed by atoms with Crippen molar-refractivity contribution in [2.75, 3.05) is 45.8 Å². The highest BCUT2D eigenvalue weighted by molar-refractivity contribution is 14.0. The first-order valence-electron chi connectivity index (χ1n) is 11.2. The molecule has 0 radical (unpaired) electrons. The van der Waals surface area contributed by atoms with Crippen LogP contribution in [0.25, 0.3) is 0 Å². The number of fused-ring (bicyclic) bond motifs is 1. The van der Waals surface area contributed by atoms with Crippen LogP contribution in [-0.4, -0.2) is 84.2 Å². The fraction of sp³-hybridized carbons (Fsp3) is 0.727. The van der Waals surface area contributed by atoms with Crippen LogP contribution < -0.4 is 5.32 Å². The number of amides is 1. The van der Waals surface area contributed by atoms with E-state index in [1.165, 1.54) is 19.3 Å². The Kier molecular flexibility index (Phi) is 8.12. The van der Waals surface area contributed by atoms with Gasteiger partial charge in [-0.1, -0.05) is 6.42 Å². The molecule has 4 rings (SSSR count). The molecule has 2 unspecified atom stereocenters. The summed E-state index contributed by atoms with van der Waals surface area (Å²) in [5, 5.41) is 3.59. The Balaban J connectivity index is 0.00000272. The van der Waals surface area contributed by atoms with Gasteiger partial charge in [0.15, 0.2) is 5.96 Å². The first-order chi connectivity index (χ1) is 14.4. The second kappa shape index (κ2) is 10.4. The number of nitrogens with one attached hydrogen (secondary N) is 1. The molecule has 174 valence electrons. The Bertz CT molecular complexity index is 743. The normalized spacial score (nSPS) is 22.9. The van der Waals surface area contributed by atoms with Crippen molar-refractivity contribution in [3.05, 3.63) is 24.2 Å². The standard InChI is InChI=1S/C22H35N5O3.HI/c1-22(2,3)30-21(28)26-11-12-27-17(16-26)14-23-20(27)24-15-18(19-8-7-13-29-19)25-9-5-4-6-10-25;/h7-8,13,17-18H,4-6,9-12,14-16H2,1-3H3,(H,23,24);1H. The number of nitrogens with zero attached hydrogens (tertiary/aromatic N) is 4. The zero-order valence-corrected chi connectivity index (χ0v) is 21.2. The summed E-state index contributed by atoms with van der Waals surface area (Å²) in [7, 11) is 0. The highest BCUT2D eigenvalue weighted by atomic mass is 127. The van der Waals surface area contributed by atoms with E-state index in [1.54, 1.807) is 6.26 Å². The summed E-state index contributed by atoms with van der Waals surface area (Å²) < 4.78 is 11.3. The monoisotopic (exact) mass is 545 g/mol. The lowest BCUT2D eigenvalue weighted by Gasteiger charge is -2.40. The van der Waals surface area contributed by atoms with Gasteiger partial charge in [-0.05, 0) is 58.8 Å². The number of hydrogen-bond donors (Lipinski definition) is 1. The van der Waals surface area contributed by atoms with E-state index in [9.17, 15) is 4.79 Å². The molecule has 3 aliphatic heterocycles. The van der Waals surface area contributed by atoms with Gasteiger partial charge in [0.2, 0.25) is 0 Å². The van der Waals surface area contributed by atoms with Crippen molar-refractivity contribution in [3.63, 3.8) is 0 Å². The average Bonchev–Trinajstić information content (AvgIpc) is 3.38. The summed E-state index contributed by atoms with van der Waals surface area (Å²) >= 11 is 0. The van der Waals surface area contributed by atoms with Crippen molar-refractivity contribution in [1.82, 2.24) is 20.0 Å². The van der Waals surface area contributed by atoms with E-state index >= 15 is 0 Å². The summed E-state index contributed by atoms with van der Waals surface area (Å²) in [6.07, 6.45) is 5.32. The largest absolute Gasteiger partial charge is 0.468 e. The molecule has 2 saturated heterocycles. The first-order valence-corrected chi connectivity index (χ1v) is 11.2. The summed E-state index contributed by atoms with van der Waals surface area (Å²) in [5.74, 6) is 1.95. The second-order valence-electron chi connectivity index (χ2n) is 9.45. The molecule has 1 N–H and O–H groups in total. The maximum atomic E-state index is 12.4. The smallest absolute Gasteiger partial charge is 0.410 e. The van der Waals surface area contributed by atoms with Crippen LogP contribution in [-0.2, 0) is 4.74 Å². The third kappa shape index (κ3) is 6.06. The number of halogens is 1. The van der Waals surface area contributed by atoms with Crippen LogP contribution in [0.15, 0.2) is 27.8 Å². The van der Waals surface area contributed by atoms with Crippen molar-refractivity contribution in [1.29, 1.82) is 0 Å². The van der Waals surface area contributed by atoms with E-state index in [-0.39, 0.29) is 42.2 Å². The van der Waals surface area contributed by atoms with Gasteiger partial charge < -0.3 is 24.3 Å². The molecule has 1 aromatic rings. The fourth-order valence-electron chi connectivity index (χ4n) is 4.53. The van der Waals surface area contributed by atoms with Crippen LogP contribution in [0.4, 0.5) is 4.79 Å². The van der Waals surface area contributed by atoms with Crippen LogP contribution in [0.1, 0.15) is 51.8 Å². The summed E-state index contributed by atoms with van der Waals surface area (Å²) in [6, 6.07) is 4.46. The van der Waals surface area contributed by atoms with Crippen LogP contribution in [0, 0.1) is 0 Å². The number of hydrogen-bond acceptors (Lipinski definition) is 7. The van der Waals surface area contributed by atoms with E-state index < -0.39 is 5.60 Å². The number of piperidine rings is 1. The van der Waals surface area contributed by atoms with Gasteiger partial charge in [0, 0.05) is 26.2 Å². The zero-order chi connectivity index (χ0) is 21.1. The first kappa shape index (κ1) is 24.2. The molecule has 31 heavy (non-hydrogen) atoms. The molecular formula is C22H36IN5O3.